The molecule has 1 unspecified atom stereocenters. The second kappa shape index (κ2) is 10.8. The predicted octanol–water partition coefficient (Wildman–Crippen LogP) is 2.95. The summed E-state index contributed by atoms with van der Waals surface area (Å²) in [7, 11) is 0. The number of aromatic nitrogens is 1. The molecule has 0 fully saturated rings. The highest BCUT2D eigenvalue weighted by atomic mass is 127. The monoisotopic (exact) mass is 448 g/mol. The largest absolute Gasteiger partial charge is 0.489 e. The number of rotatable bonds is 7. The Morgan fingerprint density at radius 3 is 2.67 bits per heavy atom. The maximum Gasteiger partial charge on any atom is 0.191 e. The van der Waals surface area contributed by atoms with Crippen LogP contribution in [0.15, 0.2) is 46.1 Å². The van der Waals surface area contributed by atoms with E-state index in [1.807, 2.05) is 13.8 Å². The molecule has 1 aromatic heterocycles. The molecule has 2 aromatic rings. The molecule has 0 aliphatic carbocycles. The van der Waals surface area contributed by atoms with Gasteiger partial charge < -0.3 is 19.9 Å². The number of hydrogen-bond acceptors (Lipinski definition) is 4. The van der Waals surface area contributed by atoms with Crippen molar-refractivity contribution in [3.63, 3.8) is 0 Å². The van der Waals surface area contributed by atoms with E-state index in [1.54, 1.807) is 18.2 Å². The Labute approximate surface area is 157 Å². The molecule has 1 aromatic carbocycles. The van der Waals surface area contributed by atoms with E-state index in [-0.39, 0.29) is 35.9 Å². The number of nitrogens with zero attached hydrogens (tertiary/aromatic N) is 2. The van der Waals surface area contributed by atoms with Crippen molar-refractivity contribution in [3.8, 4) is 5.75 Å². The Morgan fingerprint density at radius 1 is 1.29 bits per heavy atom. The molecule has 6 nitrogen and oxygen atoms in total. The van der Waals surface area contributed by atoms with Crippen LogP contribution < -0.4 is 15.4 Å². The molecular formula is C16H22FIN4O2. The Kier molecular flexibility index (Phi) is 9.13. The van der Waals surface area contributed by atoms with E-state index in [2.05, 4.69) is 20.8 Å². The lowest BCUT2D eigenvalue weighted by molar-refractivity contribution is 0.223. The third-order valence-electron chi connectivity index (χ3n) is 2.94. The van der Waals surface area contributed by atoms with Gasteiger partial charge >= 0.3 is 0 Å². The van der Waals surface area contributed by atoms with Gasteiger partial charge in [0.15, 0.2) is 5.96 Å². The predicted molar refractivity (Wildman–Crippen MR) is 101 cm³/mol. The molecule has 8 heteroatoms. The number of aliphatic imine (C=N–C) groups is 1. The molecule has 0 radical (unpaired) electrons. The molecule has 0 saturated heterocycles. The number of ether oxygens (including phenoxy) is 1. The van der Waals surface area contributed by atoms with Gasteiger partial charge in [-0.1, -0.05) is 5.16 Å². The maximum atomic E-state index is 12.9. The number of benzene rings is 1. The number of halogens is 2. The third-order valence-corrected chi connectivity index (χ3v) is 2.94. The van der Waals surface area contributed by atoms with Crippen molar-refractivity contribution >= 4 is 29.9 Å². The quantitative estimate of drug-likeness (QED) is 0.387. The zero-order chi connectivity index (χ0) is 16.5. The molecule has 0 spiro atoms. The minimum absolute atomic E-state index is 0. The van der Waals surface area contributed by atoms with Crippen molar-refractivity contribution in [2.75, 3.05) is 13.1 Å². The lowest BCUT2D eigenvalue weighted by Gasteiger charge is -2.17. The second-order valence-corrected chi connectivity index (χ2v) is 4.95. The summed E-state index contributed by atoms with van der Waals surface area (Å²) >= 11 is 0. The second-order valence-electron chi connectivity index (χ2n) is 4.95. The van der Waals surface area contributed by atoms with Gasteiger partial charge in [-0.05, 0) is 38.1 Å². The van der Waals surface area contributed by atoms with Crippen molar-refractivity contribution < 1.29 is 13.7 Å². The molecule has 2 rings (SSSR count). The van der Waals surface area contributed by atoms with Gasteiger partial charge in [0.05, 0.1) is 13.1 Å². The van der Waals surface area contributed by atoms with Crippen LogP contribution in [0.1, 0.15) is 19.5 Å². The smallest absolute Gasteiger partial charge is 0.191 e. The fourth-order valence-electron chi connectivity index (χ4n) is 1.85. The summed E-state index contributed by atoms with van der Waals surface area (Å²) in [5.74, 6) is 1.02. The van der Waals surface area contributed by atoms with Crippen LogP contribution in [0.5, 0.6) is 5.75 Å². The van der Waals surface area contributed by atoms with E-state index in [9.17, 15) is 4.39 Å². The minimum atomic E-state index is -0.280. The van der Waals surface area contributed by atoms with Gasteiger partial charge in [0.1, 0.15) is 29.6 Å². The molecule has 0 aliphatic rings. The molecule has 1 heterocycles. The van der Waals surface area contributed by atoms with E-state index >= 15 is 0 Å². The van der Waals surface area contributed by atoms with Gasteiger partial charge in [-0.15, -0.1) is 24.0 Å². The van der Waals surface area contributed by atoms with Gasteiger partial charge in [0.2, 0.25) is 0 Å². The fraction of sp³-hybridized carbons (Fsp3) is 0.375. The van der Waals surface area contributed by atoms with E-state index in [1.165, 1.54) is 18.4 Å². The average molecular weight is 448 g/mol. The summed E-state index contributed by atoms with van der Waals surface area (Å²) in [6, 6.07) is 7.73. The zero-order valence-corrected chi connectivity index (χ0v) is 16.0. The minimum Gasteiger partial charge on any atom is -0.489 e. The summed E-state index contributed by atoms with van der Waals surface area (Å²) < 4.78 is 23.3. The van der Waals surface area contributed by atoms with Crippen molar-refractivity contribution in [1.29, 1.82) is 0 Å². The van der Waals surface area contributed by atoms with Crippen LogP contribution in [0.2, 0.25) is 0 Å². The van der Waals surface area contributed by atoms with Crippen LogP contribution in [0, 0.1) is 5.82 Å². The van der Waals surface area contributed by atoms with Crippen molar-refractivity contribution in [1.82, 2.24) is 15.8 Å². The Bertz CT molecular complexity index is 605. The topological polar surface area (TPSA) is 71.7 Å². The van der Waals surface area contributed by atoms with Gasteiger partial charge in [-0.2, -0.15) is 0 Å². The lowest BCUT2D eigenvalue weighted by Crippen LogP contribution is -2.41. The van der Waals surface area contributed by atoms with Crippen LogP contribution in [0.25, 0.3) is 0 Å². The first kappa shape index (κ1) is 20.2. The number of guanidine groups is 1. The van der Waals surface area contributed by atoms with Crippen molar-refractivity contribution in [2.24, 2.45) is 4.99 Å². The molecule has 0 bridgehead atoms. The van der Waals surface area contributed by atoms with Gasteiger partial charge in [-0.25, -0.2) is 9.38 Å². The molecule has 0 saturated carbocycles. The molecular weight excluding hydrogens is 426 g/mol. The summed E-state index contributed by atoms with van der Waals surface area (Å²) in [5, 5.41) is 10.2. The molecule has 132 valence electrons. The molecule has 2 N–H and O–H groups in total. The van der Waals surface area contributed by atoms with Crippen LogP contribution in [-0.4, -0.2) is 30.3 Å². The summed E-state index contributed by atoms with van der Waals surface area (Å²) in [6.45, 7) is 5.65. The Morgan fingerprint density at radius 2 is 2.04 bits per heavy atom. The van der Waals surface area contributed by atoms with E-state index in [0.29, 0.717) is 24.8 Å². The highest BCUT2D eigenvalue weighted by molar-refractivity contribution is 14.0. The first-order valence-electron chi connectivity index (χ1n) is 7.51. The van der Waals surface area contributed by atoms with E-state index < -0.39 is 0 Å². The van der Waals surface area contributed by atoms with Crippen LogP contribution in [0.4, 0.5) is 4.39 Å². The molecule has 24 heavy (non-hydrogen) atoms. The van der Waals surface area contributed by atoms with Gasteiger partial charge in [0.25, 0.3) is 0 Å². The van der Waals surface area contributed by atoms with Crippen molar-refractivity contribution in [3.05, 3.63) is 48.1 Å². The Hall–Kier alpha value is -1.84. The lowest BCUT2D eigenvalue weighted by atomic mass is 10.3. The number of nitrogens with one attached hydrogen (secondary N) is 2. The molecule has 0 aliphatic heterocycles. The molecule has 1 atom stereocenters. The van der Waals surface area contributed by atoms with Crippen LogP contribution in [-0.2, 0) is 6.54 Å². The molecule has 0 amide bonds. The first-order valence-corrected chi connectivity index (χ1v) is 7.51. The maximum absolute atomic E-state index is 12.9. The van der Waals surface area contributed by atoms with E-state index in [4.69, 9.17) is 9.26 Å². The summed E-state index contributed by atoms with van der Waals surface area (Å²) in [6.07, 6.45) is 1.42. The fourth-order valence-corrected chi connectivity index (χ4v) is 1.85. The highest BCUT2D eigenvalue weighted by Crippen LogP contribution is 2.12. The SMILES string of the molecule is CCNC(=NCc1ccon1)NCC(C)Oc1ccc(F)cc1.I. The van der Waals surface area contributed by atoms with Crippen LogP contribution in [0.3, 0.4) is 0 Å². The van der Waals surface area contributed by atoms with E-state index in [0.717, 1.165) is 12.2 Å². The standard InChI is InChI=1S/C16H21FN4O2.HI/c1-3-18-16(20-11-14-8-9-22-21-14)19-10-12(2)23-15-6-4-13(17)5-7-15;/h4-9,12H,3,10-11H2,1-2H3,(H2,18,19,20);1H. The first-order chi connectivity index (χ1) is 11.2. The highest BCUT2D eigenvalue weighted by Gasteiger charge is 2.06. The normalized spacial score (nSPS) is 12.2. The number of hydrogen-bond donors (Lipinski definition) is 2. The Balaban J connectivity index is 0.00000288. The van der Waals surface area contributed by atoms with Crippen LogP contribution >= 0.6 is 24.0 Å². The summed E-state index contributed by atoms with van der Waals surface area (Å²) in [5.41, 5.74) is 0.762. The third kappa shape index (κ3) is 7.16. The van der Waals surface area contributed by atoms with Gasteiger partial charge in [0, 0.05) is 12.6 Å². The zero-order valence-electron chi connectivity index (χ0n) is 13.7. The van der Waals surface area contributed by atoms with Crippen molar-refractivity contribution in [2.45, 2.75) is 26.5 Å². The summed E-state index contributed by atoms with van der Waals surface area (Å²) in [4.78, 5) is 4.41. The van der Waals surface area contributed by atoms with Gasteiger partial charge in [-0.3, -0.25) is 0 Å². The average Bonchev–Trinajstić information content (AvgIpc) is 3.06.